The second kappa shape index (κ2) is 16.1. The maximum atomic E-state index is 15.6. The van der Waals surface area contributed by atoms with Crippen LogP contribution < -0.4 is 10.1 Å². The SMILES string of the molecule is COc1cc(C(=O)CC2CCC(N3CCN(CC4CC4)CC3)CC2)c(F)cc1Nc1ncc(C(F)(F)F)c(C[C@@H]2Cc3ccccc3[C@H]2N(C)S(C)(=O)=O)n1. The lowest BCUT2D eigenvalue weighted by molar-refractivity contribution is -0.138. The second-order valence-electron chi connectivity index (χ2n) is 15.9. The van der Waals surface area contributed by atoms with Gasteiger partial charge < -0.3 is 15.0 Å². The molecule has 2 saturated carbocycles. The van der Waals surface area contributed by atoms with Gasteiger partial charge in [-0.2, -0.15) is 17.5 Å². The van der Waals surface area contributed by atoms with Crippen molar-refractivity contribution in [2.45, 2.75) is 76.0 Å². The van der Waals surface area contributed by atoms with Crippen molar-refractivity contribution in [1.29, 1.82) is 0 Å². The van der Waals surface area contributed by atoms with Gasteiger partial charge in [0, 0.05) is 64.5 Å². The summed E-state index contributed by atoms with van der Waals surface area (Å²) in [5.74, 6) is -0.720. The monoisotopic (exact) mass is 786 g/mol. The molecular weight excluding hydrogens is 737 g/mol. The van der Waals surface area contributed by atoms with E-state index >= 15 is 4.39 Å². The Morgan fingerprint density at radius 3 is 2.36 bits per heavy atom. The van der Waals surface area contributed by atoms with E-state index in [1.54, 1.807) is 12.1 Å². The number of hydrogen-bond donors (Lipinski definition) is 1. The van der Waals surface area contributed by atoms with Crippen LogP contribution >= 0.6 is 0 Å². The summed E-state index contributed by atoms with van der Waals surface area (Å²) in [7, 11) is -0.914. The van der Waals surface area contributed by atoms with Gasteiger partial charge in [-0.1, -0.05) is 24.3 Å². The fourth-order valence-corrected chi connectivity index (χ4v) is 9.57. The largest absolute Gasteiger partial charge is 0.495 e. The zero-order valence-electron chi connectivity index (χ0n) is 31.6. The number of fused-ring (bicyclic) bond motifs is 1. The predicted octanol–water partition coefficient (Wildman–Crippen LogP) is 6.89. The van der Waals surface area contributed by atoms with Gasteiger partial charge in [-0.3, -0.25) is 9.69 Å². The number of alkyl halides is 3. The highest BCUT2D eigenvalue weighted by molar-refractivity contribution is 7.88. The van der Waals surface area contributed by atoms with E-state index in [-0.39, 0.29) is 53.2 Å². The number of carbonyl (C=O) groups is 1. The summed E-state index contributed by atoms with van der Waals surface area (Å²) in [4.78, 5) is 26.8. The van der Waals surface area contributed by atoms with Gasteiger partial charge in [0.25, 0.3) is 0 Å². The van der Waals surface area contributed by atoms with Crippen LogP contribution in [0.3, 0.4) is 0 Å². The van der Waals surface area contributed by atoms with Crippen molar-refractivity contribution in [3.8, 4) is 5.75 Å². The van der Waals surface area contributed by atoms with Gasteiger partial charge in [0.15, 0.2) is 5.78 Å². The number of benzene rings is 2. The van der Waals surface area contributed by atoms with Gasteiger partial charge in [0.1, 0.15) is 11.6 Å². The van der Waals surface area contributed by atoms with E-state index in [9.17, 15) is 26.4 Å². The number of rotatable bonds is 13. The maximum absolute atomic E-state index is 15.6. The molecule has 0 unspecified atom stereocenters. The number of piperazine rings is 1. The number of methoxy groups -OCH3 is 1. The molecule has 1 aromatic heterocycles. The van der Waals surface area contributed by atoms with Crippen LogP contribution in [0, 0.1) is 23.6 Å². The lowest BCUT2D eigenvalue weighted by Crippen LogP contribution is -2.51. The molecule has 15 heteroatoms. The number of Topliss-reactive ketones (excluding diaryl/α,β-unsaturated/α-hetero) is 1. The fourth-order valence-electron chi connectivity index (χ4n) is 8.87. The molecule has 0 radical (unpaired) electrons. The Morgan fingerprint density at radius 2 is 1.71 bits per heavy atom. The third kappa shape index (κ3) is 9.16. The molecule has 1 saturated heterocycles. The first kappa shape index (κ1) is 39.6. The molecule has 3 aliphatic carbocycles. The third-order valence-electron chi connectivity index (χ3n) is 12.1. The molecule has 0 bridgehead atoms. The summed E-state index contributed by atoms with van der Waals surface area (Å²) in [6, 6.07) is 9.43. The van der Waals surface area contributed by atoms with Crippen molar-refractivity contribution in [2.75, 3.05) is 58.5 Å². The second-order valence-corrected chi connectivity index (χ2v) is 17.9. The number of halogens is 4. The summed E-state index contributed by atoms with van der Waals surface area (Å²) >= 11 is 0. The average molecular weight is 787 g/mol. The molecule has 3 aromatic rings. The molecule has 4 aliphatic rings. The normalized spacial score (nSPS) is 23.9. The van der Waals surface area contributed by atoms with Gasteiger partial charge in [0.05, 0.1) is 41.9 Å². The Hall–Kier alpha value is -3.66. The smallest absolute Gasteiger partial charge is 0.419 e. The zero-order valence-corrected chi connectivity index (χ0v) is 32.4. The van der Waals surface area contributed by atoms with Gasteiger partial charge >= 0.3 is 6.18 Å². The van der Waals surface area contributed by atoms with Gasteiger partial charge in [-0.25, -0.2) is 22.8 Å². The molecule has 1 N–H and O–H groups in total. The molecule has 55 heavy (non-hydrogen) atoms. The van der Waals surface area contributed by atoms with Crippen LogP contribution in [-0.4, -0.2) is 97.5 Å². The average Bonchev–Trinajstić information content (AvgIpc) is 3.89. The number of sulfonamides is 1. The number of aromatic nitrogens is 2. The number of nitrogens with one attached hydrogen (secondary N) is 1. The van der Waals surface area contributed by atoms with Crippen molar-refractivity contribution < 1.29 is 35.5 Å². The maximum Gasteiger partial charge on any atom is 0.419 e. The molecule has 10 nitrogen and oxygen atoms in total. The molecule has 7 rings (SSSR count). The van der Waals surface area contributed by atoms with E-state index in [1.165, 1.54) is 43.9 Å². The highest BCUT2D eigenvalue weighted by atomic mass is 32.2. The van der Waals surface area contributed by atoms with E-state index < -0.39 is 39.5 Å². The van der Waals surface area contributed by atoms with Crippen molar-refractivity contribution in [2.24, 2.45) is 17.8 Å². The number of ether oxygens (including phenoxy) is 1. The van der Waals surface area contributed by atoms with Crippen molar-refractivity contribution >= 4 is 27.4 Å². The van der Waals surface area contributed by atoms with Crippen LogP contribution in [0.1, 0.15) is 83.7 Å². The number of carbonyl (C=O) groups excluding carboxylic acids is 1. The Labute approximate surface area is 320 Å². The van der Waals surface area contributed by atoms with Crippen LogP contribution in [0.5, 0.6) is 5.75 Å². The first-order valence-corrected chi connectivity index (χ1v) is 21.1. The summed E-state index contributed by atoms with van der Waals surface area (Å²) in [5.41, 5.74) is 0.150. The van der Waals surface area contributed by atoms with Crippen LogP contribution in [0.2, 0.25) is 0 Å². The molecular formula is C40H50F4N6O4S. The summed E-state index contributed by atoms with van der Waals surface area (Å²) in [5, 5.41) is 2.80. The lowest BCUT2D eigenvalue weighted by Gasteiger charge is -2.42. The Kier molecular flexibility index (Phi) is 11.6. The highest BCUT2D eigenvalue weighted by Gasteiger charge is 2.42. The third-order valence-corrected chi connectivity index (χ3v) is 13.4. The van der Waals surface area contributed by atoms with E-state index in [0.717, 1.165) is 81.2 Å². The summed E-state index contributed by atoms with van der Waals surface area (Å²) in [6.45, 7) is 5.65. The molecule has 2 aromatic carbocycles. The van der Waals surface area contributed by atoms with Gasteiger partial charge in [0.2, 0.25) is 16.0 Å². The molecule has 0 spiro atoms. The molecule has 298 valence electrons. The molecule has 0 amide bonds. The standard InChI is InChI=1S/C40H50F4N6O4S/c1-48(55(3,52)53)38-28(19-27-6-4-5-7-30(27)38)20-34-32(40(42,43)44)23-45-39(46-34)47-35-22-33(41)31(21-37(35)54-2)36(51)18-25-10-12-29(13-11-25)50-16-14-49(15-17-50)24-26-8-9-26/h4-7,21-23,25-26,28-29,38H,8-20,24H2,1-3H3,(H,45,46,47)/t25?,28-,29?,38-/m0/s1. The molecule has 1 aliphatic heterocycles. The fraction of sp³-hybridized carbons (Fsp3) is 0.575. The molecule has 3 fully saturated rings. The van der Waals surface area contributed by atoms with E-state index in [1.807, 2.05) is 12.1 Å². The first-order valence-electron chi connectivity index (χ1n) is 19.3. The van der Waals surface area contributed by atoms with Crippen molar-refractivity contribution in [3.63, 3.8) is 0 Å². The highest BCUT2D eigenvalue weighted by Crippen LogP contribution is 2.44. The number of hydrogen-bond acceptors (Lipinski definition) is 9. The van der Waals surface area contributed by atoms with Crippen LogP contribution in [0.15, 0.2) is 42.6 Å². The van der Waals surface area contributed by atoms with Crippen LogP contribution in [0.4, 0.5) is 29.2 Å². The minimum absolute atomic E-state index is 0.0444. The van der Waals surface area contributed by atoms with Crippen molar-refractivity contribution in [1.82, 2.24) is 24.1 Å². The van der Waals surface area contributed by atoms with E-state index in [4.69, 9.17) is 4.74 Å². The molecule has 2 atom stereocenters. The topological polar surface area (TPSA) is 108 Å². The van der Waals surface area contributed by atoms with E-state index in [0.29, 0.717) is 18.7 Å². The quantitative estimate of drug-likeness (QED) is 0.146. The predicted molar refractivity (Wildman–Crippen MR) is 201 cm³/mol. The van der Waals surface area contributed by atoms with Gasteiger partial charge in [-0.05, 0) is 86.3 Å². The Balaban J connectivity index is 1.03. The van der Waals surface area contributed by atoms with Gasteiger partial charge in [-0.15, -0.1) is 0 Å². The summed E-state index contributed by atoms with van der Waals surface area (Å²) in [6.07, 6.45) is 3.91. The number of ketones is 1. The Morgan fingerprint density at radius 1 is 1.02 bits per heavy atom. The van der Waals surface area contributed by atoms with Crippen molar-refractivity contribution in [3.05, 3.63) is 76.4 Å². The number of nitrogens with zero attached hydrogens (tertiary/aromatic N) is 5. The summed E-state index contributed by atoms with van der Waals surface area (Å²) < 4.78 is 90.4. The molecule has 2 heterocycles. The lowest BCUT2D eigenvalue weighted by atomic mass is 9.81. The minimum atomic E-state index is -4.78. The van der Waals surface area contributed by atoms with Crippen LogP contribution in [-0.2, 0) is 29.0 Å². The zero-order chi connectivity index (χ0) is 39.1. The number of anilines is 2. The van der Waals surface area contributed by atoms with E-state index in [2.05, 4.69) is 25.1 Å². The van der Waals surface area contributed by atoms with Crippen LogP contribution in [0.25, 0.3) is 0 Å². The first-order chi connectivity index (χ1) is 26.2. The Bertz CT molecular complexity index is 1980. The minimum Gasteiger partial charge on any atom is -0.495 e.